The van der Waals surface area contributed by atoms with Crippen molar-refractivity contribution in [3.05, 3.63) is 0 Å². The van der Waals surface area contributed by atoms with Gasteiger partial charge in [-0.2, -0.15) is 0 Å². The smallest absolute Gasteiger partial charge is 0.164 e. The molecule has 110 valence electrons. The van der Waals surface area contributed by atoms with Gasteiger partial charge in [0.1, 0.15) is 24.4 Å². The number of ether oxygens (including phenoxy) is 4. The van der Waals surface area contributed by atoms with Crippen molar-refractivity contribution in [3.8, 4) is 0 Å². The van der Waals surface area contributed by atoms with Crippen LogP contribution in [0.3, 0.4) is 0 Å². The van der Waals surface area contributed by atoms with Crippen LogP contribution in [0.5, 0.6) is 0 Å². The highest BCUT2D eigenvalue weighted by molar-refractivity contribution is 5.64. The number of hydrogen-bond donors (Lipinski definition) is 2. The van der Waals surface area contributed by atoms with Gasteiger partial charge in [-0.05, 0) is 27.7 Å². The molecule has 0 aromatic rings. The maximum Gasteiger partial charge on any atom is 0.164 e. The molecule has 0 spiro atoms. The highest BCUT2D eigenvalue weighted by Crippen LogP contribution is 2.33. The van der Waals surface area contributed by atoms with Crippen LogP contribution in [-0.4, -0.2) is 59.1 Å². The minimum atomic E-state index is -0.938. The van der Waals surface area contributed by atoms with E-state index >= 15 is 0 Å². The zero-order valence-corrected chi connectivity index (χ0v) is 11.6. The van der Waals surface area contributed by atoms with E-state index in [1.54, 1.807) is 27.7 Å². The quantitative estimate of drug-likeness (QED) is 0.442. The van der Waals surface area contributed by atoms with E-state index in [0.29, 0.717) is 0 Å². The lowest BCUT2D eigenvalue weighted by Gasteiger charge is -2.25. The number of rotatable bonds is 3. The Balaban J connectivity index is 2.07. The molecule has 2 N–H and O–H groups in total. The van der Waals surface area contributed by atoms with E-state index in [-0.39, 0.29) is 6.61 Å². The van der Waals surface area contributed by atoms with Crippen LogP contribution in [0, 0.1) is 0 Å². The summed E-state index contributed by atoms with van der Waals surface area (Å²) in [7, 11) is 0. The second-order valence-electron chi connectivity index (χ2n) is 5.69. The average molecular weight is 275 g/mol. The fraction of sp³-hybridized carbons (Fsp3) is 0.917. The Hall–Kier alpha value is -0.730. The van der Waals surface area contributed by atoms with Gasteiger partial charge < -0.3 is 29.3 Å². The topological polar surface area (TPSA) is 89.7 Å². The van der Waals surface area contributed by atoms with Gasteiger partial charge in [-0.25, -0.2) is 0 Å². The van der Waals surface area contributed by atoms with Crippen molar-refractivity contribution >= 4 is 6.21 Å². The molecular weight excluding hydrogens is 254 g/mol. The Morgan fingerprint density at radius 1 is 1.16 bits per heavy atom. The molecule has 0 bridgehead atoms. The van der Waals surface area contributed by atoms with Gasteiger partial charge in [0.15, 0.2) is 11.6 Å². The van der Waals surface area contributed by atoms with Crippen LogP contribution in [0.15, 0.2) is 5.16 Å². The normalized spacial score (nSPS) is 38.9. The summed E-state index contributed by atoms with van der Waals surface area (Å²) in [6.45, 7) is 7.30. The predicted octanol–water partition coefficient (Wildman–Crippen LogP) is 0.479. The van der Waals surface area contributed by atoms with Gasteiger partial charge in [0.2, 0.25) is 0 Å². The minimum absolute atomic E-state index is 0.275. The van der Waals surface area contributed by atoms with Crippen molar-refractivity contribution in [2.45, 2.75) is 63.7 Å². The first-order chi connectivity index (χ1) is 8.74. The van der Waals surface area contributed by atoms with Crippen molar-refractivity contribution in [1.29, 1.82) is 0 Å². The van der Waals surface area contributed by atoms with Crippen molar-refractivity contribution in [2.24, 2.45) is 5.16 Å². The average Bonchev–Trinajstić information content (AvgIpc) is 2.78. The van der Waals surface area contributed by atoms with Gasteiger partial charge >= 0.3 is 0 Å². The lowest BCUT2D eigenvalue weighted by molar-refractivity contribution is -0.178. The first-order valence-corrected chi connectivity index (χ1v) is 6.27. The molecule has 2 rings (SSSR count). The second-order valence-corrected chi connectivity index (χ2v) is 5.69. The summed E-state index contributed by atoms with van der Waals surface area (Å²) < 4.78 is 22.2. The Kier molecular flexibility index (Phi) is 3.85. The van der Waals surface area contributed by atoms with Crippen molar-refractivity contribution < 1.29 is 29.3 Å². The second kappa shape index (κ2) is 4.99. The highest BCUT2D eigenvalue weighted by atomic mass is 16.8. The number of aliphatic hydroxyl groups is 1. The molecule has 2 saturated heterocycles. The van der Waals surface area contributed by atoms with Gasteiger partial charge in [-0.3, -0.25) is 0 Å². The molecule has 0 aromatic heterocycles. The first kappa shape index (κ1) is 14.7. The molecule has 0 radical (unpaired) electrons. The Bertz CT molecular complexity index is 356. The monoisotopic (exact) mass is 275 g/mol. The lowest BCUT2D eigenvalue weighted by Crippen LogP contribution is -2.45. The van der Waals surface area contributed by atoms with E-state index in [1.165, 1.54) is 6.21 Å². The molecule has 7 nitrogen and oxygen atoms in total. The molecule has 19 heavy (non-hydrogen) atoms. The van der Waals surface area contributed by atoms with E-state index in [2.05, 4.69) is 5.16 Å². The van der Waals surface area contributed by atoms with Crippen LogP contribution >= 0.6 is 0 Å². The van der Waals surface area contributed by atoms with Crippen LogP contribution in [0.2, 0.25) is 0 Å². The van der Waals surface area contributed by atoms with Crippen LogP contribution in [0.25, 0.3) is 0 Å². The van der Waals surface area contributed by atoms with Crippen LogP contribution in [0.4, 0.5) is 0 Å². The molecule has 7 heteroatoms. The van der Waals surface area contributed by atoms with E-state index in [9.17, 15) is 5.11 Å². The maximum atomic E-state index is 10.4. The molecule has 0 saturated carbocycles. The van der Waals surface area contributed by atoms with Gasteiger partial charge in [-0.15, -0.1) is 0 Å². The molecule has 2 aliphatic heterocycles. The molecule has 0 aliphatic carbocycles. The Morgan fingerprint density at radius 2 is 1.84 bits per heavy atom. The fourth-order valence-electron chi connectivity index (χ4n) is 2.36. The Labute approximate surface area is 112 Å². The zero-order valence-electron chi connectivity index (χ0n) is 11.6. The molecule has 2 heterocycles. The Morgan fingerprint density at radius 3 is 2.37 bits per heavy atom. The number of nitrogens with zero attached hydrogens (tertiary/aromatic N) is 1. The van der Waals surface area contributed by atoms with E-state index in [1.807, 2.05) is 0 Å². The van der Waals surface area contributed by atoms with Crippen LogP contribution < -0.4 is 0 Å². The first-order valence-electron chi connectivity index (χ1n) is 6.27. The predicted molar refractivity (Wildman–Crippen MR) is 65.0 cm³/mol. The molecule has 4 atom stereocenters. The van der Waals surface area contributed by atoms with E-state index in [0.717, 1.165) is 0 Å². The van der Waals surface area contributed by atoms with Crippen LogP contribution in [-0.2, 0) is 18.9 Å². The van der Waals surface area contributed by atoms with Crippen molar-refractivity contribution in [3.63, 3.8) is 0 Å². The summed E-state index contributed by atoms with van der Waals surface area (Å²) in [4.78, 5) is 0. The third-order valence-electron chi connectivity index (χ3n) is 3.13. The van der Waals surface area contributed by atoms with Crippen molar-refractivity contribution in [1.82, 2.24) is 0 Å². The summed E-state index contributed by atoms with van der Waals surface area (Å²) in [6.07, 6.45) is -1.56. The summed E-state index contributed by atoms with van der Waals surface area (Å²) in [5.41, 5.74) is 0. The molecular formula is C12H21NO6. The van der Waals surface area contributed by atoms with Gasteiger partial charge in [0, 0.05) is 0 Å². The summed E-state index contributed by atoms with van der Waals surface area (Å²) >= 11 is 0. The maximum absolute atomic E-state index is 10.4. The standard InChI is InChI=1S/C12H21NO6/c1-11(2)16-6-8(18-11)9(14)10-7(5-13-15)17-12(3,4)19-10/h5,7-10,14-15H,6H2,1-4H3/b13-5-/t7-,8-,9-,10-/m0/s1. The van der Waals surface area contributed by atoms with E-state index < -0.39 is 36.0 Å². The van der Waals surface area contributed by atoms with Gasteiger partial charge in [0.25, 0.3) is 0 Å². The molecule has 2 fully saturated rings. The summed E-state index contributed by atoms with van der Waals surface area (Å²) in [6, 6.07) is 0. The third kappa shape index (κ3) is 3.24. The number of oxime groups is 1. The minimum Gasteiger partial charge on any atom is -0.411 e. The molecule has 0 amide bonds. The summed E-state index contributed by atoms with van der Waals surface area (Å²) in [5, 5.41) is 22.0. The number of aliphatic hydroxyl groups excluding tert-OH is 1. The largest absolute Gasteiger partial charge is 0.411 e. The number of hydrogen-bond acceptors (Lipinski definition) is 7. The van der Waals surface area contributed by atoms with Crippen LogP contribution in [0.1, 0.15) is 27.7 Å². The third-order valence-corrected chi connectivity index (χ3v) is 3.13. The van der Waals surface area contributed by atoms with Gasteiger partial charge in [0.05, 0.1) is 12.8 Å². The molecule has 2 aliphatic rings. The highest BCUT2D eigenvalue weighted by Gasteiger charge is 2.49. The molecule has 0 unspecified atom stereocenters. The van der Waals surface area contributed by atoms with Crippen molar-refractivity contribution in [2.75, 3.05) is 6.61 Å². The summed E-state index contributed by atoms with van der Waals surface area (Å²) in [5.74, 6) is -1.58. The fourth-order valence-corrected chi connectivity index (χ4v) is 2.36. The SMILES string of the molecule is CC1(C)O[C@H]([C@@H](O)[C@@H]2COC(C)(C)O2)[C@H](/C=N\O)O1. The lowest BCUT2D eigenvalue weighted by atomic mass is 10.0. The molecule has 0 aromatic carbocycles. The van der Waals surface area contributed by atoms with Gasteiger partial charge in [-0.1, -0.05) is 5.16 Å². The zero-order chi connectivity index (χ0) is 14.3. The van der Waals surface area contributed by atoms with E-state index in [4.69, 9.17) is 24.2 Å².